The van der Waals surface area contributed by atoms with E-state index in [-0.39, 0.29) is 6.04 Å². The highest BCUT2D eigenvalue weighted by Crippen LogP contribution is 2.27. The molecule has 0 aliphatic heterocycles. The second kappa shape index (κ2) is 8.62. The summed E-state index contributed by atoms with van der Waals surface area (Å²) in [6.07, 6.45) is 5.73. The average molecular weight is 402 g/mol. The van der Waals surface area contributed by atoms with E-state index >= 15 is 0 Å². The minimum absolute atomic E-state index is 0.0623. The SMILES string of the molecule is CC(C)(C)S(=O)(=O)NC1CCC(CNc2ccc(-c3ccccc3)nc2)CC1. The Morgan fingerprint density at radius 1 is 1.00 bits per heavy atom. The van der Waals surface area contributed by atoms with E-state index < -0.39 is 14.8 Å². The van der Waals surface area contributed by atoms with Crippen LogP contribution in [0.2, 0.25) is 0 Å². The van der Waals surface area contributed by atoms with Crippen LogP contribution in [0.5, 0.6) is 0 Å². The van der Waals surface area contributed by atoms with Crippen molar-refractivity contribution in [3.05, 3.63) is 48.7 Å². The Labute approximate surface area is 169 Å². The highest BCUT2D eigenvalue weighted by atomic mass is 32.2. The van der Waals surface area contributed by atoms with E-state index in [1.165, 1.54) is 0 Å². The quantitative estimate of drug-likeness (QED) is 0.751. The number of pyridine rings is 1. The van der Waals surface area contributed by atoms with Gasteiger partial charge in [-0.15, -0.1) is 0 Å². The average Bonchev–Trinajstić information content (AvgIpc) is 2.67. The third kappa shape index (κ3) is 5.32. The van der Waals surface area contributed by atoms with Crippen molar-refractivity contribution in [1.82, 2.24) is 9.71 Å². The molecule has 1 saturated carbocycles. The summed E-state index contributed by atoms with van der Waals surface area (Å²) in [6, 6.07) is 14.3. The molecule has 1 aromatic carbocycles. The van der Waals surface area contributed by atoms with Gasteiger partial charge in [0.2, 0.25) is 10.0 Å². The summed E-state index contributed by atoms with van der Waals surface area (Å²) in [6.45, 7) is 6.11. The van der Waals surface area contributed by atoms with Gasteiger partial charge < -0.3 is 5.32 Å². The molecule has 2 N–H and O–H groups in total. The van der Waals surface area contributed by atoms with E-state index in [1.807, 2.05) is 30.5 Å². The molecule has 0 atom stereocenters. The number of nitrogens with zero attached hydrogens (tertiary/aromatic N) is 1. The van der Waals surface area contributed by atoms with Crippen LogP contribution in [-0.4, -0.2) is 30.7 Å². The van der Waals surface area contributed by atoms with Crippen LogP contribution in [0, 0.1) is 5.92 Å². The lowest BCUT2D eigenvalue weighted by molar-refractivity contribution is 0.322. The fourth-order valence-electron chi connectivity index (χ4n) is 3.42. The number of aromatic nitrogens is 1. The van der Waals surface area contributed by atoms with Gasteiger partial charge in [0.25, 0.3) is 0 Å². The molecule has 1 aliphatic rings. The van der Waals surface area contributed by atoms with Gasteiger partial charge >= 0.3 is 0 Å². The number of anilines is 1. The van der Waals surface area contributed by atoms with Crippen LogP contribution in [-0.2, 0) is 10.0 Å². The summed E-state index contributed by atoms with van der Waals surface area (Å²) >= 11 is 0. The smallest absolute Gasteiger partial charge is 0.216 e. The lowest BCUT2D eigenvalue weighted by atomic mass is 9.86. The molecule has 1 aliphatic carbocycles. The Morgan fingerprint density at radius 2 is 1.68 bits per heavy atom. The van der Waals surface area contributed by atoms with Crippen molar-refractivity contribution < 1.29 is 8.42 Å². The summed E-state index contributed by atoms with van der Waals surface area (Å²) in [5.74, 6) is 0.559. The molecular weight excluding hydrogens is 370 g/mol. The molecule has 28 heavy (non-hydrogen) atoms. The maximum Gasteiger partial charge on any atom is 0.216 e. The Bertz CT molecular complexity index is 851. The van der Waals surface area contributed by atoms with Crippen LogP contribution in [0.1, 0.15) is 46.5 Å². The summed E-state index contributed by atoms with van der Waals surface area (Å²) in [7, 11) is -3.27. The van der Waals surface area contributed by atoms with Crippen molar-refractivity contribution in [3.8, 4) is 11.3 Å². The first-order valence-electron chi connectivity index (χ1n) is 10.0. The Kier molecular flexibility index (Phi) is 6.40. The maximum absolute atomic E-state index is 12.3. The predicted molar refractivity (Wildman–Crippen MR) is 116 cm³/mol. The van der Waals surface area contributed by atoms with Crippen molar-refractivity contribution in [3.63, 3.8) is 0 Å². The van der Waals surface area contributed by atoms with Gasteiger partial charge in [0, 0.05) is 18.2 Å². The lowest BCUT2D eigenvalue weighted by Crippen LogP contribution is -2.46. The highest BCUT2D eigenvalue weighted by molar-refractivity contribution is 7.90. The van der Waals surface area contributed by atoms with E-state index in [0.29, 0.717) is 5.92 Å². The number of benzene rings is 1. The Balaban J connectivity index is 1.46. The molecule has 0 bridgehead atoms. The molecule has 1 aromatic heterocycles. The van der Waals surface area contributed by atoms with Crippen molar-refractivity contribution >= 4 is 15.7 Å². The zero-order valence-electron chi connectivity index (χ0n) is 17.0. The van der Waals surface area contributed by atoms with Crippen LogP contribution < -0.4 is 10.0 Å². The molecule has 2 aromatic rings. The van der Waals surface area contributed by atoms with Crippen molar-refractivity contribution in [2.24, 2.45) is 5.92 Å². The van der Waals surface area contributed by atoms with Gasteiger partial charge in [-0.25, -0.2) is 13.1 Å². The second-order valence-electron chi connectivity index (χ2n) is 8.63. The lowest BCUT2D eigenvalue weighted by Gasteiger charge is -2.31. The summed E-state index contributed by atoms with van der Waals surface area (Å²) in [5.41, 5.74) is 3.11. The van der Waals surface area contributed by atoms with E-state index in [2.05, 4.69) is 33.2 Å². The first-order chi connectivity index (χ1) is 13.2. The molecule has 6 heteroatoms. The molecule has 152 valence electrons. The highest BCUT2D eigenvalue weighted by Gasteiger charge is 2.32. The molecule has 0 spiro atoms. The van der Waals surface area contributed by atoms with Gasteiger partial charge in [-0.2, -0.15) is 0 Å². The largest absolute Gasteiger partial charge is 0.384 e. The third-order valence-corrected chi connectivity index (χ3v) is 7.66. The van der Waals surface area contributed by atoms with Gasteiger partial charge in [-0.05, 0) is 64.5 Å². The van der Waals surface area contributed by atoms with Crippen molar-refractivity contribution in [2.75, 3.05) is 11.9 Å². The van der Waals surface area contributed by atoms with Gasteiger partial charge in [0.15, 0.2) is 0 Å². The van der Waals surface area contributed by atoms with Crippen molar-refractivity contribution in [1.29, 1.82) is 0 Å². The van der Waals surface area contributed by atoms with E-state index in [4.69, 9.17) is 0 Å². The predicted octanol–water partition coefficient (Wildman–Crippen LogP) is 4.44. The first kappa shape index (κ1) is 20.8. The summed E-state index contributed by atoms with van der Waals surface area (Å²) < 4.78 is 26.8. The molecule has 0 amide bonds. The zero-order chi connectivity index (χ0) is 20.2. The molecule has 0 unspecified atom stereocenters. The van der Waals surface area contributed by atoms with Gasteiger partial charge in [0.05, 0.1) is 22.3 Å². The summed E-state index contributed by atoms with van der Waals surface area (Å²) in [5, 5.41) is 3.48. The number of hydrogen-bond acceptors (Lipinski definition) is 4. The Morgan fingerprint density at radius 3 is 2.25 bits per heavy atom. The van der Waals surface area contributed by atoms with Crippen LogP contribution in [0.25, 0.3) is 11.3 Å². The normalized spacial score (nSPS) is 20.7. The number of rotatable bonds is 6. The molecule has 0 saturated heterocycles. The van der Waals surface area contributed by atoms with Gasteiger partial charge in [-0.1, -0.05) is 30.3 Å². The second-order valence-corrected chi connectivity index (χ2v) is 11.1. The molecule has 0 radical (unpaired) electrons. The third-order valence-electron chi connectivity index (χ3n) is 5.40. The Hall–Kier alpha value is -1.92. The van der Waals surface area contributed by atoms with Crippen LogP contribution >= 0.6 is 0 Å². The fraction of sp³-hybridized carbons (Fsp3) is 0.500. The maximum atomic E-state index is 12.3. The van der Waals surface area contributed by atoms with Crippen LogP contribution in [0.4, 0.5) is 5.69 Å². The first-order valence-corrected chi connectivity index (χ1v) is 11.5. The van der Waals surface area contributed by atoms with E-state index in [0.717, 1.165) is 49.2 Å². The molecular formula is C22H31N3O2S. The standard InChI is InChI=1S/C22H31N3O2S/c1-22(2,3)28(26,27)25-19-11-9-17(10-12-19)15-23-20-13-14-21(24-16-20)18-7-5-4-6-8-18/h4-8,13-14,16-17,19,23,25H,9-12,15H2,1-3H3. The monoisotopic (exact) mass is 401 g/mol. The van der Waals surface area contributed by atoms with Crippen LogP contribution in [0.3, 0.4) is 0 Å². The minimum atomic E-state index is -3.27. The fourth-order valence-corrected chi connectivity index (χ4v) is 4.45. The van der Waals surface area contributed by atoms with Crippen molar-refractivity contribution in [2.45, 2.75) is 57.2 Å². The molecule has 3 rings (SSSR count). The van der Waals surface area contributed by atoms with Gasteiger partial charge in [0.1, 0.15) is 0 Å². The number of nitrogens with one attached hydrogen (secondary N) is 2. The zero-order valence-corrected chi connectivity index (χ0v) is 17.8. The molecule has 5 nitrogen and oxygen atoms in total. The van der Waals surface area contributed by atoms with Gasteiger partial charge in [-0.3, -0.25) is 4.98 Å². The summed E-state index contributed by atoms with van der Waals surface area (Å²) in [4.78, 5) is 4.55. The number of hydrogen-bond donors (Lipinski definition) is 2. The van der Waals surface area contributed by atoms with E-state index in [9.17, 15) is 8.42 Å². The molecule has 1 fully saturated rings. The minimum Gasteiger partial charge on any atom is -0.384 e. The van der Waals surface area contributed by atoms with Crippen LogP contribution in [0.15, 0.2) is 48.7 Å². The topological polar surface area (TPSA) is 71.1 Å². The molecule has 1 heterocycles. The van der Waals surface area contributed by atoms with E-state index in [1.54, 1.807) is 20.8 Å². The number of sulfonamides is 1.